The van der Waals surface area contributed by atoms with Crippen LogP contribution in [0.1, 0.15) is 0 Å². The topological polar surface area (TPSA) is 39.1 Å². The lowest BCUT2D eigenvalue weighted by Crippen LogP contribution is -2.59. The van der Waals surface area contributed by atoms with Gasteiger partial charge in [-0.1, -0.05) is 227 Å². The number of hydrogen-bond donors (Lipinski definition) is 0. The van der Waals surface area contributed by atoms with E-state index in [-0.39, 0.29) is 0 Å². The summed E-state index contributed by atoms with van der Waals surface area (Å²) in [4.78, 5) is 5.06. The molecule has 86 heavy (non-hydrogen) atoms. The Hall–Kier alpha value is -10.1. The second-order valence-electron chi connectivity index (χ2n) is 24.2. The zero-order valence-corrected chi connectivity index (χ0v) is 51.3. The first-order valence-electron chi connectivity index (χ1n) is 29.6. The van der Waals surface area contributed by atoms with Crippen LogP contribution >= 0.6 is 0 Å². The van der Waals surface area contributed by atoms with Crippen molar-refractivity contribution in [1.82, 2.24) is 14.1 Å². The van der Waals surface area contributed by atoms with Crippen LogP contribution in [-0.4, -0.2) is 30.6 Å². The molecule has 3 aromatic heterocycles. The lowest BCUT2D eigenvalue weighted by molar-refractivity contribution is -0.571. The number of ether oxygens (including phenoxy) is 1. The van der Waals surface area contributed by atoms with Gasteiger partial charge >= 0.3 is 0 Å². The molecule has 0 unspecified atom stereocenters. The number of anilines is 1. The molecule has 0 aliphatic heterocycles. The van der Waals surface area contributed by atoms with Gasteiger partial charge in [-0.05, 0) is 146 Å². The molecule has 0 aliphatic rings. The molecule has 416 valence electrons. The summed E-state index contributed by atoms with van der Waals surface area (Å²) in [6.45, 7) is 14.6. The van der Waals surface area contributed by atoms with Gasteiger partial charge in [0.1, 0.15) is 33.8 Å². The normalized spacial score (nSPS) is 11.8. The second kappa shape index (κ2) is 22.1. The molecule has 11 aromatic carbocycles. The number of para-hydroxylation sites is 4. The van der Waals surface area contributed by atoms with Gasteiger partial charge in [0.15, 0.2) is 0 Å². The van der Waals surface area contributed by atoms with Crippen LogP contribution in [0.15, 0.2) is 285 Å². The zero-order chi connectivity index (χ0) is 58.5. The summed E-state index contributed by atoms with van der Waals surface area (Å²) in [7, 11) is -3.49. The van der Waals surface area contributed by atoms with Crippen molar-refractivity contribution in [2.45, 2.75) is 39.3 Å². The highest BCUT2D eigenvalue weighted by molar-refractivity contribution is 6.99. The number of fused-ring (bicyclic) bond motifs is 4. The van der Waals surface area contributed by atoms with E-state index in [9.17, 15) is 0 Å². The summed E-state index contributed by atoms with van der Waals surface area (Å²) in [5.74, 6) is 2.33. The van der Waals surface area contributed by atoms with E-state index in [2.05, 4.69) is 337 Å². The molecule has 0 radical (unpaired) electrons. The fourth-order valence-electron chi connectivity index (χ4n) is 13.0. The van der Waals surface area contributed by atoms with Gasteiger partial charge in [-0.15, -0.1) is 0 Å². The van der Waals surface area contributed by atoms with Crippen LogP contribution in [0.5, 0.6) is 11.5 Å². The Morgan fingerprint density at radius 2 is 0.849 bits per heavy atom. The highest BCUT2D eigenvalue weighted by Gasteiger charge is 2.35. The van der Waals surface area contributed by atoms with E-state index >= 15 is 0 Å². The van der Waals surface area contributed by atoms with Gasteiger partial charge in [0, 0.05) is 34.8 Å². The van der Waals surface area contributed by atoms with Crippen LogP contribution in [0.2, 0.25) is 39.3 Å². The fourth-order valence-corrected chi connectivity index (χ4v) is 22.8. The quantitative estimate of drug-likeness (QED) is 0.0619. The van der Waals surface area contributed by atoms with Crippen LogP contribution in [0.25, 0.3) is 117 Å². The lowest BCUT2D eigenvalue weighted by atomic mass is 9.89. The minimum Gasteiger partial charge on any atom is -0.458 e. The van der Waals surface area contributed by atoms with E-state index in [4.69, 9.17) is 9.72 Å². The Morgan fingerprint density at radius 1 is 0.384 bits per heavy atom. The molecule has 14 aromatic rings. The van der Waals surface area contributed by atoms with Gasteiger partial charge in [0.25, 0.3) is 6.33 Å². The molecule has 6 nitrogen and oxygen atoms in total. The van der Waals surface area contributed by atoms with Gasteiger partial charge in [0.05, 0.1) is 33.4 Å². The Morgan fingerprint density at radius 3 is 1.40 bits per heavy atom. The van der Waals surface area contributed by atoms with E-state index in [1.807, 2.05) is 12.3 Å². The standard InChI is InChI=1S/C78H65N5OSi2/c1-85(2,3)83(86(4,5)6)66-43-44-79-77(52-66)82-73-38-20-19-35-71(73)72-42-41-68(53-76(72)82)84-67-34-23-33-65(51-67)80-54-81(75-40-22-21-39-74(75)80)78-69(63-47-59(55-25-11-7-12-26-55)45-60(48-63)56-27-13-8-14-28-56)36-24-37-70(78)64-49-61(57-29-15-9-16-30-57)46-62(50-64)58-31-17-10-18-32-58/h7-53H,1-6H3. The molecule has 0 saturated heterocycles. The van der Waals surface area contributed by atoms with Crippen LogP contribution in [0, 0.1) is 6.33 Å². The van der Waals surface area contributed by atoms with Crippen LogP contribution in [0.3, 0.4) is 0 Å². The lowest BCUT2D eigenvalue weighted by Gasteiger charge is -2.46. The average molecular weight is 1140 g/mol. The van der Waals surface area contributed by atoms with Gasteiger partial charge in [0.2, 0.25) is 0 Å². The molecule has 0 atom stereocenters. The summed E-state index contributed by atoms with van der Waals surface area (Å²) in [5, 5.41) is 2.31. The molecule has 0 fully saturated rings. The van der Waals surface area contributed by atoms with Gasteiger partial charge < -0.3 is 8.97 Å². The molecule has 0 spiro atoms. The Balaban J connectivity index is 0.933. The van der Waals surface area contributed by atoms with Crippen molar-refractivity contribution in [3.63, 3.8) is 0 Å². The number of aromatic nitrogens is 4. The first-order valence-corrected chi connectivity index (χ1v) is 36.5. The minimum atomic E-state index is -1.74. The summed E-state index contributed by atoms with van der Waals surface area (Å²) < 4.78 is 16.5. The summed E-state index contributed by atoms with van der Waals surface area (Å²) >= 11 is 0. The molecule has 14 rings (SSSR count). The number of rotatable bonds is 14. The number of benzene rings is 11. The van der Waals surface area contributed by atoms with Crippen molar-refractivity contribution in [2.75, 3.05) is 4.23 Å². The highest BCUT2D eigenvalue weighted by atomic mass is 28.4. The molecule has 0 bridgehead atoms. The van der Waals surface area contributed by atoms with E-state index in [0.29, 0.717) is 5.75 Å². The Bertz CT molecular complexity index is 4540. The molecule has 0 amide bonds. The molecule has 0 saturated carbocycles. The molecular formula is C78H65N5OSi2. The van der Waals surface area contributed by atoms with Crippen molar-refractivity contribution >= 4 is 55.0 Å². The second-order valence-corrected chi connectivity index (χ2v) is 34.2. The van der Waals surface area contributed by atoms with Crippen molar-refractivity contribution < 1.29 is 9.30 Å². The summed E-state index contributed by atoms with van der Waals surface area (Å²) in [5.41, 5.74) is 20.8. The largest absolute Gasteiger partial charge is 0.458 e. The molecular weight excluding hydrogens is 1080 g/mol. The van der Waals surface area contributed by atoms with Gasteiger partial charge in [-0.25, -0.2) is 4.98 Å². The van der Waals surface area contributed by atoms with Crippen LogP contribution in [0.4, 0.5) is 5.69 Å². The van der Waals surface area contributed by atoms with E-state index in [0.717, 1.165) is 117 Å². The molecule has 3 heterocycles. The predicted molar refractivity (Wildman–Crippen MR) is 364 cm³/mol. The number of hydrogen-bond acceptors (Lipinski definition) is 3. The fraction of sp³-hybridized carbons (Fsp3) is 0.0769. The Kier molecular flexibility index (Phi) is 13.9. The highest BCUT2D eigenvalue weighted by Crippen LogP contribution is 2.42. The van der Waals surface area contributed by atoms with Crippen molar-refractivity contribution in [1.29, 1.82) is 0 Å². The minimum absolute atomic E-state index is 0.710. The third kappa shape index (κ3) is 10.3. The number of nitrogens with zero attached hydrogens (tertiary/aromatic N) is 5. The number of imidazole rings is 1. The van der Waals surface area contributed by atoms with Crippen LogP contribution < -0.4 is 13.5 Å². The van der Waals surface area contributed by atoms with E-state index in [1.165, 1.54) is 11.1 Å². The molecule has 0 N–H and O–H groups in total. The van der Waals surface area contributed by atoms with Gasteiger partial charge in [-0.2, -0.15) is 0 Å². The zero-order valence-electron chi connectivity index (χ0n) is 49.3. The SMILES string of the molecule is C[Si](C)(C)N(c1ccnc(-n2c3ccccc3c3ccc(Oc4cccc(-n5[c-][n+](-c6c(-c7cc(-c8ccccc8)cc(-c8ccccc8)c7)cccc6-c6cc(-c7ccccc7)cc(-c7ccccc7)c6)c6ccccc65)c4)cc32)c1)[Si](C)(C)C. The van der Waals surface area contributed by atoms with Crippen molar-refractivity contribution in [2.24, 2.45) is 0 Å². The monoisotopic (exact) mass is 1140 g/mol. The maximum Gasteiger partial charge on any atom is 0.269 e. The first kappa shape index (κ1) is 53.9. The third-order valence-electron chi connectivity index (χ3n) is 16.3. The molecule has 8 heteroatoms. The van der Waals surface area contributed by atoms with Gasteiger partial charge in [-0.3, -0.25) is 13.7 Å². The van der Waals surface area contributed by atoms with E-state index < -0.39 is 16.5 Å². The van der Waals surface area contributed by atoms with E-state index in [1.54, 1.807) is 0 Å². The number of pyridine rings is 1. The maximum atomic E-state index is 6.97. The predicted octanol–water partition coefficient (Wildman–Crippen LogP) is 20.5. The van der Waals surface area contributed by atoms with Crippen LogP contribution in [-0.2, 0) is 0 Å². The molecule has 0 aliphatic carbocycles. The Labute approximate surface area is 506 Å². The van der Waals surface area contributed by atoms with Crippen molar-refractivity contribution in [3.8, 4) is 95.5 Å². The smallest absolute Gasteiger partial charge is 0.269 e. The van der Waals surface area contributed by atoms with Crippen molar-refractivity contribution in [3.05, 3.63) is 292 Å². The summed E-state index contributed by atoms with van der Waals surface area (Å²) in [6.07, 6.45) is 5.96. The maximum absolute atomic E-state index is 6.97. The first-order chi connectivity index (χ1) is 41.9. The summed E-state index contributed by atoms with van der Waals surface area (Å²) in [6, 6.07) is 100. The average Bonchev–Trinajstić information content (AvgIpc) is 2.22. The third-order valence-corrected chi connectivity index (χ3v) is 23.5.